The molecule has 1 aliphatic heterocycles. The molecule has 2 heterocycles. The molecule has 0 spiro atoms. The summed E-state index contributed by atoms with van der Waals surface area (Å²) in [5.41, 5.74) is 1.63. The number of nitrogens with one attached hydrogen (secondary N) is 2. The van der Waals surface area contributed by atoms with Crippen molar-refractivity contribution in [3.63, 3.8) is 0 Å². The molecule has 1 aromatic rings. The highest BCUT2D eigenvalue weighted by Gasteiger charge is 2.30. The highest BCUT2D eigenvalue weighted by Crippen LogP contribution is 2.38. The fourth-order valence-electron chi connectivity index (χ4n) is 3.90. The molecule has 0 saturated carbocycles. The summed E-state index contributed by atoms with van der Waals surface area (Å²) in [5, 5.41) is 3.63. The summed E-state index contributed by atoms with van der Waals surface area (Å²) in [4.78, 5) is 27.2. The number of hydrogen-bond acceptors (Lipinski definition) is 5. The molecule has 6 nitrogen and oxygen atoms in total. The summed E-state index contributed by atoms with van der Waals surface area (Å²) < 4.78 is 10.7. The van der Waals surface area contributed by atoms with E-state index >= 15 is 0 Å². The Morgan fingerprint density at radius 2 is 1.92 bits per heavy atom. The lowest BCUT2D eigenvalue weighted by Crippen LogP contribution is -3.16. The van der Waals surface area contributed by atoms with Crippen LogP contribution in [0.25, 0.3) is 0 Å². The molecule has 2 aliphatic rings. The van der Waals surface area contributed by atoms with E-state index < -0.39 is 0 Å². The molecule has 0 aromatic carbocycles. The second-order valence-electron chi connectivity index (χ2n) is 7.05. The van der Waals surface area contributed by atoms with E-state index in [4.69, 9.17) is 9.47 Å². The molecule has 3 rings (SSSR count). The molecule has 2 N–H and O–H groups in total. The number of carbonyl (C=O) groups is 2. The van der Waals surface area contributed by atoms with Crippen LogP contribution in [0.4, 0.5) is 5.00 Å². The van der Waals surface area contributed by atoms with E-state index in [1.807, 2.05) is 13.8 Å². The van der Waals surface area contributed by atoms with Crippen LogP contribution in [-0.4, -0.2) is 50.8 Å². The Balaban J connectivity index is 1.72. The number of hydrogen-bond donors (Lipinski definition) is 2. The van der Waals surface area contributed by atoms with Gasteiger partial charge in [-0.3, -0.25) is 4.79 Å². The van der Waals surface area contributed by atoms with E-state index in [1.165, 1.54) is 28.2 Å². The zero-order valence-corrected chi connectivity index (χ0v) is 16.0. The van der Waals surface area contributed by atoms with Gasteiger partial charge in [0.25, 0.3) is 5.91 Å². The van der Waals surface area contributed by atoms with Crippen LogP contribution >= 0.6 is 11.3 Å². The summed E-state index contributed by atoms with van der Waals surface area (Å²) in [6, 6.07) is 0. The quantitative estimate of drug-likeness (QED) is 0.781. The number of amides is 1. The molecule has 0 radical (unpaired) electrons. The van der Waals surface area contributed by atoms with Crippen molar-refractivity contribution in [2.24, 2.45) is 0 Å². The normalized spacial score (nSPS) is 26.0. The van der Waals surface area contributed by atoms with Gasteiger partial charge in [0, 0.05) is 4.88 Å². The number of morpholine rings is 1. The molecular formula is C18H27N2O4S+. The molecule has 1 aliphatic carbocycles. The van der Waals surface area contributed by atoms with E-state index in [2.05, 4.69) is 5.32 Å². The number of esters is 1. The van der Waals surface area contributed by atoms with Crippen molar-refractivity contribution in [3.05, 3.63) is 16.0 Å². The fraction of sp³-hybridized carbons (Fsp3) is 0.667. The van der Waals surface area contributed by atoms with Gasteiger partial charge >= 0.3 is 5.97 Å². The third kappa shape index (κ3) is 4.22. The van der Waals surface area contributed by atoms with Crippen molar-refractivity contribution in [2.75, 3.05) is 32.1 Å². The lowest BCUT2D eigenvalue weighted by Gasteiger charge is -2.31. The van der Waals surface area contributed by atoms with Crippen LogP contribution in [0, 0.1) is 0 Å². The number of anilines is 1. The van der Waals surface area contributed by atoms with Crippen molar-refractivity contribution < 1.29 is 24.0 Å². The topological polar surface area (TPSA) is 69.1 Å². The Labute approximate surface area is 152 Å². The Morgan fingerprint density at radius 1 is 1.24 bits per heavy atom. The van der Waals surface area contributed by atoms with Gasteiger partial charge in [0.1, 0.15) is 30.3 Å². The molecule has 0 unspecified atom stereocenters. The molecule has 1 fully saturated rings. The molecule has 1 aromatic heterocycles. The van der Waals surface area contributed by atoms with Crippen LogP contribution in [0.2, 0.25) is 0 Å². The first-order valence-corrected chi connectivity index (χ1v) is 9.81. The van der Waals surface area contributed by atoms with E-state index in [9.17, 15) is 9.59 Å². The first-order chi connectivity index (χ1) is 12.0. The second-order valence-corrected chi connectivity index (χ2v) is 8.15. The maximum Gasteiger partial charge on any atom is 0.341 e. The van der Waals surface area contributed by atoms with Crippen LogP contribution < -0.4 is 10.2 Å². The lowest BCUT2D eigenvalue weighted by molar-refractivity contribution is -0.907. The van der Waals surface area contributed by atoms with Crippen molar-refractivity contribution in [2.45, 2.75) is 51.7 Å². The van der Waals surface area contributed by atoms with Gasteiger partial charge < -0.3 is 19.7 Å². The third-order valence-corrected chi connectivity index (χ3v) is 6.05. The minimum Gasteiger partial charge on any atom is -0.465 e. The van der Waals surface area contributed by atoms with Gasteiger partial charge in [0.05, 0.1) is 12.7 Å². The highest BCUT2D eigenvalue weighted by molar-refractivity contribution is 7.17. The number of carbonyl (C=O) groups excluding carboxylic acids is 2. The molecule has 2 atom stereocenters. The van der Waals surface area contributed by atoms with E-state index in [0.717, 1.165) is 44.3 Å². The molecule has 0 bridgehead atoms. The number of ether oxygens (including phenoxy) is 2. The summed E-state index contributed by atoms with van der Waals surface area (Å²) >= 11 is 1.53. The molecule has 138 valence electrons. The largest absolute Gasteiger partial charge is 0.465 e. The van der Waals surface area contributed by atoms with E-state index in [1.54, 1.807) is 0 Å². The fourth-order valence-corrected chi connectivity index (χ4v) is 5.20. The van der Waals surface area contributed by atoms with Crippen molar-refractivity contribution >= 4 is 28.2 Å². The standard InChI is InChI=1S/C18H26N2O4S/c1-11-8-20(9-12(2)24-11)10-15(21)19-17-16(18(22)23-3)13-6-4-5-7-14(13)25-17/h11-12H,4-10H2,1-3H3,(H,19,21)/p+1/t11-,12-/m1/s1. The Bertz CT molecular complexity index is 648. The Kier molecular flexibility index (Phi) is 5.76. The minimum atomic E-state index is -0.351. The third-order valence-electron chi connectivity index (χ3n) is 4.84. The Morgan fingerprint density at radius 3 is 2.60 bits per heavy atom. The zero-order chi connectivity index (χ0) is 18.0. The maximum atomic E-state index is 12.6. The predicted octanol–water partition coefficient (Wildman–Crippen LogP) is 1.04. The van der Waals surface area contributed by atoms with Gasteiger partial charge in [-0.1, -0.05) is 0 Å². The molecular weight excluding hydrogens is 340 g/mol. The number of thiophene rings is 1. The van der Waals surface area contributed by atoms with Crippen molar-refractivity contribution in [3.8, 4) is 0 Å². The molecule has 7 heteroatoms. The van der Waals surface area contributed by atoms with E-state index in [-0.39, 0.29) is 24.1 Å². The number of quaternary nitrogens is 1. The van der Waals surface area contributed by atoms with Crippen LogP contribution in [0.1, 0.15) is 47.5 Å². The average molecular weight is 367 g/mol. The van der Waals surface area contributed by atoms with Gasteiger partial charge in [0.15, 0.2) is 6.54 Å². The highest BCUT2D eigenvalue weighted by atomic mass is 32.1. The first-order valence-electron chi connectivity index (χ1n) is 8.99. The average Bonchev–Trinajstić information content (AvgIpc) is 2.90. The predicted molar refractivity (Wildman–Crippen MR) is 96.5 cm³/mol. The van der Waals surface area contributed by atoms with Crippen LogP contribution in [0.15, 0.2) is 0 Å². The summed E-state index contributed by atoms with van der Waals surface area (Å²) in [6.07, 6.45) is 4.39. The molecule has 1 saturated heterocycles. The number of fused-ring (bicyclic) bond motifs is 1. The minimum absolute atomic E-state index is 0.0555. The smallest absolute Gasteiger partial charge is 0.341 e. The molecule has 1 amide bonds. The SMILES string of the molecule is COC(=O)c1c(NC(=O)C[NH+]2C[C@@H](C)O[C@H](C)C2)sc2c1CCCC2. The van der Waals surface area contributed by atoms with Crippen molar-refractivity contribution in [1.29, 1.82) is 0 Å². The van der Waals surface area contributed by atoms with Gasteiger partial charge in [-0.05, 0) is 45.1 Å². The lowest BCUT2D eigenvalue weighted by atomic mass is 9.95. The number of rotatable bonds is 4. The van der Waals surface area contributed by atoms with Crippen LogP contribution in [0.3, 0.4) is 0 Å². The van der Waals surface area contributed by atoms with Gasteiger partial charge in [-0.2, -0.15) is 0 Å². The second kappa shape index (κ2) is 7.85. The van der Waals surface area contributed by atoms with Gasteiger partial charge in [-0.25, -0.2) is 4.79 Å². The van der Waals surface area contributed by atoms with Crippen LogP contribution in [0.5, 0.6) is 0 Å². The maximum absolute atomic E-state index is 12.6. The number of methoxy groups -OCH3 is 1. The monoisotopic (exact) mass is 367 g/mol. The summed E-state index contributed by atoms with van der Waals surface area (Å²) in [7, 11) is 1.39. The summed E-state index contributed by atoms with van der Waals surface area (Å²) in [6.45, 7) is 6.11. The number of aryl methyl sites for hydroxylation is 1. The first kappa shape index (κ1) is 18.4. The van der Waals surface area contributed by atoms with Crippen molar-refractivity contribution in [1.82, 2.24) is 0 Å². The zero-order valence-electron chi connectivity index (χ0n) is 15.1. The molecule has 25 heavy (non-hydrogen) atoms. The van der Waals surface area contributed by atoms with E-state index in [0.29, 0.717) is 17.1 Å². The van der Waals surface area contributed by atoms with Crippen LogP contribution in [-0.2, 0) is 27.1 Å². The summed E-state index contributed by atoms with van der Waals surface area (Å²) in [5.74, 6) is -0.407. The van der Waals surface area contributed by atoms with Gasteiger partial charge in [0.2, 0.25) is 0 Å². The Hall–Kier alpha value is -1.44. The van der Waals surface area contributed by atoms with Gasteiger partial charge in [-0.15, -0.1) is 11.3 Å².